The van der Waals surface area contributed by atoms with Gasteiger partial charge in [-0.1, -0.05) is 27.7 Å². The van der Waals surface area contributed by atoms with E-state index in [1.807, 2.05) is 27.7 Å². The van der Waals surface area contributed by atoms with Crippen LogP contribution in [0.3, 0.4) is 0 Å². The number of carbonyl (C=O) groups is 2. The van der Waals surface area contributed by atoms with Crippen molar-refractivity contribution < 1.29 is 9.59 Å². The van der Waals surface area contributed by atoms with E-state index in [1.54, 1.807) is 6.92 Å². The van der Waals surface area contributed by atoms with Crippen LogP contribution in [0.15, 0.2) is 0 Å². The Balaban J connectivity index is -0.000000218. The topological polar surface area (TPSA) is 63.4 Å². The lowest BCUT2D eigenvalue weighted by Gasteiger charge is -2.11. The van der Waals surface area contributed by atoms with Crippen LogP contribution >= 0.6 is 0 Å². The van der Waals surface area contributed by atoms with E-state index in [-0.39, 0.29) is 5.91 Å². The zero-order chi connectivity index (χ0) is 11.4. The van der Waals surface area contributed by atoms with Crippen molar-refractivity contribution >= 4 is 11.9 Å². The maximum absolute atomic E-state index is 10.4. The minimum atomic E-state index is -0.690. The summed E-state index contributed by atoms with van der Waals surface area (Å²) in [6.07, 6.45) is 0. The number of nitrogens with two attached hydrogens (primary N) is 1. The SMILES string of the molecule is CC.CC.CCN(C(C)=O)C(N)=O. The van der Waals surface area contributed by atoms with Crippen molar-refractivity contribution in [1.29, 1.82) is 0 Å². The molecule has 0 aromatic heterocycles. The highest BCUT2D eigenvalue weighted by molar-refractivity contribution is 5.92. The number of imide groups is 1. The maximum atomic E-state index is 10.4. The van der Waals surface area contributed by atoms with E-state index < -0.39 is 6.03 Å². The van der Waals surface area contributed by atoms with E-state index in [9.17, 15) is 9.59 Å². The van der Waals surface area contributed by atoms with Gasteiger partial charge in [0.25, 0.3) is 0 Å². The van der Waals surface area contributed by atoms with Gasteiger partial charge >= 0.3 is 6.03 Å². The molecule has 0 aliphatic heterocycles. The van der Waals surface area contributed by atoms with E-state index in [0.29, 0.717) is 6.54 Å². The number of primary amides is 1. The van der Waals surface area contributed by atoms with E-state index in [2.05, 4.69) is 0 Å². The van der Waals surface area contributed by atoms with Crippen LogP contribution in [0.4, 0.5) is 4.79 Å². The molecule has 0 aliphatic rings. The molecule has 0 atom stereocenters. The molecule has 0 saturated carbocycles. The van der Waals surface area contributed by atoms with Gasteiger partial charge in [0, 0.05) is 13.5 Å². The van der Waals surface area contributed by atoms with Crippen LogP contribution in [-0.2, 0) is 4.79 Å². The minimum absolute atomic E-state index is 0.315. The molecule has 0 aromatic carbocycles. The molecule has 80 valence electrons. The van der Waals surface area contributed by atoms with Crippen molar-refractivity contribution in [2.75, 3.05) is 6.54 Å². The summed E-state index contributed by atoms with van der Waals surface area (Å²) in [7, 11) is 0. The van der Waals surface area contributed by atoms with Crippen LogP contribution in [0.25, 0.3) is 0 Å². The van der Waals surface area contributed by atoms with Gasteiger partial charge in [-0.05, 0) is 6.92 Å². The number of nitrogens with zero attached hydrogens (tertiary/aromatic N) is 1. The molecule has 0 aromatic rings. The van der Waals surface area contributed by atoms with Crippen molar-refractivity contribution in [3.63, 3.8) is 0 Å². The van der Waals surface area contributed by atoms with Crippen LogP contribution in [0.2, 0.25) is 0 Å². The third-order valence-electron chi connectivity index (χ3n) is 0.962. The van der Waals surface area contributed by atoms with Gasteiger partial charge < -0.3 is 5.73 Å². The molecule has 13 heavy (non-hydrogen) atoms. The van der Waals surface area contributed by atoms with Gasteiger partial charge in [-0.3, -0.25) is 9.69 Å². The standard InChI is InChI=1S/C5H10N2O2.2C2H6/c1-3-7(4(2)8)5(6)9;2*1-2/h3H2,1-2H3,(H2,6,9);2*1-2H3. The molecule has 0 radical (unpaired) electrons. The molecule has 0 spiro atoms. The van der Waals surface area contributed by atoms with Crippen molar-refractivity contribution in [2.45, 2.75) is 41.5 Å². The third kappa shape index (κ3) is 10.9. The van der Waals surface area contributed by atoms with E-state index in [0.717, 1.165) is 4.90 Å². The molecule has 3 amide bonds. The molecule has 0 fully saturated rings. The van der Waals surface area contributed by atoms with Crippen LogP contribution in [0.5, 0.6) is 0 Å². The van der Waals surface area contributed by atoms with E-state index >= 15 is 0 Å². The molecule has 4 heteroatoms. The summed E-state index contributed by atoms with van der Waals surface area (Å²) in [4.78, 5) is 21.7. The Morgan fingerprint density at radius 2 is 1.46 bits per heavy atom. The lowest BCUT2D eigenvalue weighted by molar-refractivity contribution is -0.125. The van der Waals surface area contributed by atoms with Crippen LogP contribution in [-0.4, -0.2) is 23.4 Å². The zero-order valence-corrected chi connectivity index (χ0v) is 9.55. The first-order valence-electron chi connectivity index (χ1n) is 4.67. The number of rotatable bonds is 1. The molecule has 0 saturated heterocycles. The van der Waals surface area contributed by atoms with Gasteiger partial charge in [0.15, 0.2) is 0 Å². The zero-order valence-electron chi connectivity index (χ0n) is 9.55. The molecule has 2 N–H and O–H groups in total. The molecule has 0 heterocycles. The summed E-state index contributed by atoms with van der Waals surface area (Å²) in [6, 6.07) is -0.690. The third-order valence-corrected chi connectivity index (χ3v) is 0.962. The first-order chi connectivity index (χ1) is 6.09. The summed E-state index contributed by atoms with van der Waals surface area (Å²) in [5.41, 5.74) is 4.81. The Bertz CT molecular complexity index is 122. The van der Waals surface area contributed by atoms with Crippen molar-refractivity contribution in [2.24, 2.45) is 5.73 Å². The van der Waals surface area contributed by atoms with Gasteiger partial charge in [0.2, 0.25) is 5.91 Å². The normalized spacial score (nSPS) is 6.92. The second-order valence-corrected chi connectivity index (χ2v) is 1.60. The van der Waals surface area contributed by atoms with Gasteiger partial charge in [0.05, 0.1) is 0 Å². The lowest BCUT2D eigenvalue weighted by atomic mass is 10.5. The van der Waals surface area contributed by atoms with Gasteiger partial charge in [-0.15, -0.1) is 0 Å². The first kappa shape index (κ1) is 17.9. The molecular weight excluding hydrogens is 168 g/mol. The Kier molecular flexibility index (Phi) is 18.6. The van der Waals surface area contributed by atoms with Crippen molar-refractivity contribution in [1.82, 2.24) is 4.90 Å². The monoisotopic (exact) mass is 190 g/mol. The number of urea groups is 1. The van der Waals surface area contributed by atoms with E-state index in [4.69, 9.17) is 5.73 Å². The van der Waals surface area contributed by atoms with Gasteiger partial charge in [-0.2, -0.15) is 0 Å². The first-order valence-corrected chi connectivity index (χ1v) is 4.67. The fourth-order valence-electron chi connectivity index (χ4n) is 0.534. The summed E-state index contributed by atoms with van der Waals surface area (Å²) in [5, 5.41) is 0. The smallest absolute Gasteiger partial charge is 0.321 e. The summed E-state index contributed by atoms with van der Waals surface area (Å²) in [6.45, 7) is 11.3. The highest BCUT2D eigenvalue weighted by Gasteiger charge is 2.09. The summed E-state index contributed by atoms with van der Waals surface area (Å²) < 4.78 is 0. The minimum Gasteiger partial charge on any atom is -0.351 e. The fourth-order valence-corrected chi connectivity index (χ4v) is 0.534. The van der Waals surface area contributed by atoms with Crippen LogP contribution in [0, 0.1) is 0 Å². The van der Waals surface area contributed by atoms with Crippen LogP contribution < -0.4 is 5.73 Å². The molecule has 0 bridgehead atoms. The predicted molar refractivity (Wildman–Crippen MR) is 55.3 cm³/mol. The predicted octanol–water partition coefficient (Wildman–Crippen LogP) is 1.99. The molecular formula is C9H22N2O2. The van der Waals surface area contributed by atoms with Crippen molar-refractivity contribution in [3.8, 4) is 0 Å². The Labute approximate surface area is 81.1 Å². The molecule has 0 unspecified atom stereocenters. The Hall–Kier alpha value is -1.06. The summed E-state index contributed by atoms with van der Waals surface area (Å²) in [5.74, 6) is -0.315. The van der Waals surface area contributed by atoms with Gasteiger partial charge in [0.1, 0.15) is 0 Å². The lowest BCUT2D eigenvalue weighted by Crippen LogP contribution is -2.38. The van der Waals surface area contributed by atoms with Crippen molar-refractivity contribution in [3.05, 3.63) is 0 Å². The largest absolute Gasteiger partial charge is 0.351 e. The molecule has 4 nitrogen and oxygen atoms in total. The fraction of sp³-hybridized carbons (Fsp3) is 0.778. The quantitative estimate of drug-likeness (QED) is 0.687. The second-order valence-electron chi connectivity index (χ2n) is 1.60. The Morgan fingerprint density at radius 1 is 1.15 bits per heavy atom. The average molecular weight is 190 g/mol. The summed E-state index contributed by atoms with van der Waals surface area (Å²) >= 11 is 0. The Morgan fingerprint density at radius 3 is 1.46 bits per heavy atom. The van der Waals surface area contributed by atoms with Crippen LogP contribution in [0.1, 0.15) is 41.5 Å². The van der Waals surface area contributed by atoms with E-state index in [1.165, 1.54) is 6.92 Å². The highest BCUT2D eigenvalue weighted by atomic mass is 16.2. The number of hydrogen-bond donors (Lipinski definition) is 1. The molecule has 0 rings (SSSR count). The number of hydrogen-bond acceptors (Lipinski definition) is 2. The second kappa shape index (κ2) is 13.5. The average Bonchev–Trinajstić information content (AvgIpc) is 2.11. The number of amides is 3. The highest BCUT2D eigenvalue weighted by Crippen LogP contribution is 1.85. The number of carbonyl (C=O) groups excluding carboxylic acids is 2. The molecule has 0 aliphatic carbocycles. The van der Waals surface area contributed by atoms with Gasteiger partial charge in [-0.25, -0.2) is 4.79 Å². The maximum Gasteiger partial charge on any atom is 0.321 e.